The Morgan fingerprint density at radius 2 is 2.00 bits per heavy atom. The Hall–Kier alpha value is -0.490. The van der Waals surface area contributed by atoms with Crippen molar-refractivity contribution < 1.29 is 24.5 Å². The standard InChI is InChI=1S/C7H12O5/c1-3-4(8)5(9)6(10)7(11-2)12-3/h3-4,6-8,10H,1-2H3/t3-,4+,6+,7-/m0/s1. The van der Waals surface area contributed by atoms with Crippen molar-refractivity contribution in [1.82, 2.24) is 0 Å². The predicted molar refractivity (Wildman–Crippen MR) is 38.4 cm³/mol. The quantitative estimate of drug-likeness (QED) is 0.517. The van der Waals surface area contributed by atoms with Gasteiger partial charge in [-0.2, -0.15) is 0 Å². The fraction of sp³-hybridized carbons (Fsp3) is 0.857. The molecule has 0 amide bonds. The first kappa shape index (κ1) is 9.60. The van der Waals surface area contributed by atoms with E-state index in [0.29, 0.717) is 0 Å². The topological polar surface area (TPSA) is 76.0 Å². The van der Waals surface area contributed by atoms with Crippen LogP contribution >= 0.6 is 0 Å². The number of carbonyl (C=O) groups is 1. The van der Waals surface area contributed by atoms with Crippen molar-refractivity contribution in [2.45, 2.75) is 31.5 Å². The van der Waals surface area contributed by atoms with Gasteiger partial charge in [0.05, 0.1) is 6.10 Å². The molecule has 70 valence electrons. The molecule has 5 nitrogen and oxygen atoms in total. The van der Waals surface area contributed by atoms with Gasteiger partial charge in [-0.25, -0.2) is 0 Å². The van der Waals surface area contributed by atoms with Gasteiger partial charge in [0.15, 0.2) is 18.2 Å². The van der Waals surface area contributed by atoms with Gasteiger partial charge in [-0.3, -0.25) is 4.79 Å². The van der Waals surface area contributed by atoms with Crippen LogP contribution in [-0.4, -0.2) is 47.7 Å². The van der Waals surface area contributed by atoms with Crippen molar-refractivity contribution in [3.63, 3.8) is 0 Å². The van der Waals surface area contributed by atoms with Gasteiger partial charge < -0.3 is 19.7 Å². The lowest BCUT2D eigenvalue weighted by molar-refractivity contribution is -0.239. The van der Waals surface area contributed by atoms with E-state index in [-0.39, 0.29) is 0 Å². The molecule has 4 atom stereocenters. The maximum atomic E-state index is 11.0. The molecule has 0 spiro atoms. The van der Waals surface area contributed by atoms with E-state index in [4.69, 9.17) is 14.9 Å². The Morgan fingerprint density at radius 1 is 1.42 bits per heavy atom. The summed E-state index contributed by atoms with van der Waals surface area (Å²) in [7, 11) is 1.32. The van der Waals surface area contributed by atoms with E-state index in [0.717, 1.165) is 0 Å². The zero-order chi connectivity index (χ0) is 9.30. The van der Waals surface area contributed by atoms with E-state index in [2.05, 4.69) is 4.74 Å². The number of aliphatic hydroxyl groups is 2. The molecule has 0 saturated carbocycles. The maximum Gasteiger partial charge on any atom is 0.197 e. The summed E-state index contributed by atoms with van der Waals surface area (Å²) in [6.07, 6.45) is -4.24. The molecule has 1 fully saturated rings. The summed E-state index contributed by atoms with van der Waals surface area (Å²) < 4.78 is 9.68. The number of aliphatic hydroxyl groups excluding tert-OH is 2. The maximum absolute atomic E-state index is 11.0. The smallest absolute Gasteiger partial charge is 0.197 e. The second-order valence-corrected chi connectivity index (χ2v) is 2.74. The van der Waals surface area contributed by atoms with Crippen LogP contribution in [0, 0.1) is 0 Å². The number of hydrogen-bond donors (Lipinski definition) is 2. The zero-order valence-corrected chi connectivity index (χ0v) is 6.93. The lowest BCUT2D eigenvalue weighted by Gasteiger charge is -2.33. The van der Waals surface area contributed by atoms with E-state index in [1.807, 2.05) is 0 Å². The van der Waals surface area contributed by atoms with Crippen LogP contribution in [-0.2, 0) is 14.3 Å². The van der Waals surface area contributed by atoms with Crippen molar-refractivity contribution in [1.29, 1.82) is 0 Å². The molecule has 1 saturated heterocycles. The van der Waals surface area contributed by atoms with Crippen LogP contribution in [0.3, 0.4) is 0 Å². The highest BCUT2D eigenvalue weighted by Crippen LogP contribution is 2.17. The minimum absolute atomic E-state index is 0.633. The normalized spacial score (nSPS) is 43.2. The first-order valence-corrected chi connectivity index (χ1v) is 3.66. The molecule has 12 heavy (non-hydrogen) atoms. The highest BCUT2D eigenvalue weighted by Gasteiger charge is 2.41. The van der Waals surface area contributed by atoms with E-state index >= 15 is 0 Å². The highest BCUT2D eigenvalue weighted by molar-refractivity contribution is 5.88. The van der Waals surface area contributed by atoms with Gasteiger partial charge in [-0.15, -0.1) is 0 Å². The van der Waals surface area contributed by atoms with Gasteiger partial charge in [0.2, 0.25) is 0 Å². The zero-order valence-electron chi connectivity index (χ0n) is 6.93. The summed E-state index contributed by atoms with van der Waals surface area (Å²) in [6.45, 7) is 1.54. The molecule has 5 heteroatoms. The average molecular weight is 176 g/mol. The molecule has 0 aromatic carbocycles. The van der Waals surface area contributed by atoms with Crippen molar-refractivity contribution in [2.75, 3.05) is 7.11 Å². The third-order valence-corrected chi connectivity index (χ3v) is 1.87. The van der Waals surface area contributed by atoms with Gasteiger partial charge in [-0.1, -0.05) is 0 Å². The molecule has 1 rings (SSSR count). The van der Waals surface area contributed by atoms with Gasteiger partial charge in [0.1, 0.15) is 6.10 Å². The van der Waals surface area contributed by atoms with Gasteiger partial charge >= 0.3 is 0 Å². The minimum Gasteiger partial charge on any atom is -0.382 e. The molecule has 0 aromatic rings. The second-order valence-electron chi connectivity index (χ2n) is 2.74. The Morgan fingerprint density at radius 3 is 2.50 bits per heavy atom. The van der Waals surface area contributed by atoms with E-state index in [9.17, 15) is 4.79 Å². The second kappa shape index (κ2) is 3.49. The number of ketones is 1. The monoisotopic (exact) mass is 176 g/mol. The molecule has 0 unspecified atom stereocenters. The largest absolute Gasteiger partial charge is 0.382 e. The molecule has 1 aliphatic heterocycles. The third-order valence-electron chi connectivity index (χ3n) is 1.87. The Bertz CT molecular complexity index is 181. The molecule has 1 aliphatic rings. The first-order valence-electron chi connectivity index (χ1n) is 3.66. The SMILES string of the molecule is CO[C@H]1O[C@@H](C)[C@@H](O)C(=O)[C@H]1O. The fourth-order valence-corrected chi connectivity index (χ4v) is 1.09. The molecule has 1 heterocycles. The van der Waals surface area contributed by atoms with E-state index in [1.165, 1.54) is 7.11 Å². The van der Waals surface area contributed by atoms with Crippen LogP contribution in [0.25, 0.3) is 0 Å². The molecular formula is C7H12O5. The van der Waals surface area contributed by atoms with Gasteiger partial charge in [-0.05, 0) is 6.92 Å². The predicted octanol–water partition coefficient (Wildman–Crippen LogP) is -1.33. The van der Waals surface area contributed by atoms with Crippen molar-refractivity contribution in [3.8, 4) is 0 Å². The minimum atomic E-state index is -1.39. The lowest BCUT2D eigenvalue weighted by atomic mass is 10.0. The van der Waals surface area contributed by atoms with E-state index in [1.54, 1.807) is 6.92 Å². The Labute approximate surface area is 69.9 Å². The lowest BCUT2D eigenvalue weighted by Crippen LogP contribution is -2.54. The summed E-state index contributed by atoms with van der Waals surface area (Å²) in [5, 5.41) is 18.3. The number of carbonyl (C=O) groups excluding carboxylic acids is 1. The summed E-state index contributed by atoms with van der Waals surface area (Å²) >= 11 is 0. The fourth-order valence-electron chi connectivity index (χ4n) is 1.09. The third kappa shape index (κ3) is 1.49. The molecule has 0 aliphatic carbocycles. The van der Waals surface area contributed by atoms with Crippen LogP contribution in [0.1, 0.15) is 6.92 Å². The van der Waals surface area contributed by atoms with Crippen LogP contribution in [0.2, 0.25) is 0 Å². The molecule has 2 N–H and O–H groups in total. The number of hydrogen-bond acceptors (Lipinski definition) is 5. The van der Waals surface area contributed by atoms with Crippen LogP contribution in [0.5, 0.6) is 0 Å². The van der Waals surface area contributed by atoms with Crippen LogP contribution < -0.4 is 0 Å². The van der Waals surface area contributed by atoms with Crippen molar-refractivity contribution in [3.05, 3.63) is 0 Å². The number of Topliss-reactive ketones (excluding diaryl/α,β-unsaturated/α-hetero) is 1. The van der Waals surface area contributed by atoms with Crippen molar-refractivity contribution >= 4 is 5.78 Å². The molecule has 0 aromatic heterocycles. The van der Waals surface area contributed by atoms with E-state index < -0.39 is 30.4 Å². The molecule has 0 radical (unpaired) electrons. The average Bonchev–Trinajstić information content (AvgIpc) is 2.08. The summed E-state index contributed by atoms with van der Waals surface area (Å²) in [5.74, 6) is -0.652. The first-order chi connectivity index (χ1) is 5.57. The van der Waals surface area contributed by atoms with Crippen LogP contribution in [0.4, 0.5) is 0 Å². The van der Waals surface area contributed by atoms with Crippen molar-refractivity contribution in [2.24, 2.45) is 0 Å². The van der Waals surface area contributed by atoms with Gasteiger partial charge in [0.25, 0.3) is 0 Å². The van der Waals surface area contributed by atoms with Crippen LogP contribution in [0.15, 0.2) is 0 Å². The number of ether oxygens (including phenoxy) is 2. The Balaban J connectivity index is 2.70. The highest BCUT2D eigenvalue weighted by atomic mass is 16.7. The molecular weight excluding hydrogens is 164 g/mol. The number of methoxy groups -OCH3 is 1. The number of rotatable bonds is 1. The molecule has 0 bridgehead atoms. The van der Waals surface area contributed by atoms with Gasteiger partial charge in [0, 0.05) is 7.11 Å². The summed E-state index contributed by atoms with van der Waals surface area (Å²) in [4.78, 5) is 11.0. The Kier molecular flexibility index (Phi) is 2.79. The summed E-state index contributed by atoms with van der Waals surface area (Å²) in [5.41, 5.74) is 0. The summed E-state index contributed by atoms with van der Waals surface area (Å²) in [6, 6.07) is 0.